The van der Waals surface area contributed by atoms with E-state index < -0.39 is 7.82 Å². The van der Waals surface area contributed by atoms with Crippen molar-refractivity contribution in [1.82, 2.24) is 0 Å². The van der Waals surface area contributed by atoms with Crippen LogP contribution in [-0.2, 0) is 37.2 Å². The number of ether oxygens (including phenoxy) is 2. The highest BCUT2D eigenvalue weighted by atomic mass is 31.2. The summed E-state index contributed by atoms with van der Waals surface area (Å²) in [6, 6.07) is 0. The first kappa shape index (κ1) is 36.5. The zero-order chi connectivity index (χ0) is 28.5. The average Bonchev–Trinajstić information content (AvgIpc) is 2.88. The van der Waals surface area contributed by atoms with Gasteiger partial charge in [0.25, 0.3) is 0 Å². The maximum Gasteiger partial charge on any atom is 0.474 e. The van der Waals surface area contributed by atoms with Gasteiger partial charge in [0.2, 0.25) is 0 Å². The highest BCUT2D eigenvalue weighted by Crippen LogP contribution is 2.50. The number of phosphoric acid groups is 1. The molecule has 0 spiro atoms. The van der Waals surface area contributed by atoms with Crippen molar-refractivity contribution in [3.05, 3.63) is 24.3 Å². The molecule has 0 N–H and O–H groups in total. The van der Waals surface area contributed by atoms with Crippen LogP contribution in [0.1, 0.15) is 117 Å². The van der Waals surface area contributed by atoms with Crippen molar-refractivity contribution in [2.24, 2.45) is 0 Å². The Morgan fingerprint density at radius 3 is 1.13 bits per heavy atom. The first-order valence-electron chi connectivity index (χ1n) is 14.4. The van der Waals surface area contributed by atoms with Crippen LogP contribution in [0.3, 0.4) is 0 Å². The molecule has 0 atom stereocenters. The highest BCUT2D eigenvalue weighted by molar-refractivity contribution is 7.48. The molecule has 0 rings (SSSR count). The standard InChI is InChI=1S/C29H53O8P/c1-6-7-8-11-18-23-35-38(32,36-24-19-14-9-12-16-21-33-28(30)26(2)3)37-25-20-15-10-13-17-22-34-29(31)27(4)5/h2,4,6-25H2,1,3,5H3. The molecule has 222 valence electrons. The third kappa shape index (κ3) is 22.5. The molecule has 8 nitrogen and oxygen atoms in total. The molecule has 38 heavy (non-hydrogen) atoms. The Kier molecular flexibility index (Phi) is 23.6. The van der Waals surface area contributed by atoms with Crippen LogP contribution in [0.4, 0.5) is 0 Å². The highest BCUT2D eigenvalue weighted by Gasteiger charge is 2.26. The van der Waals surface area contributed by atoms with Crippen LogP contribution < -0.4 is 0 Å². The van der Waals surface area contributed by atoms with E-state index in [4.69, 9.17) is 23.0 Å². The lowest BCUT2D eigenvalue weighted by Gasteiger charge is -2.18. The number of carbonyl (C=O) groups is 2. The molecule has 0 aliphatic rings. The summed E-state index contributed by atoms with van der Waals surface area (Å²) in [5.74, 6) is -0.692. The summed E-state index contributed by atoms with van der Waals surface area (Å²) in [6.07, 6.45) is 14.2. The summed E-state index contributed by atoms with van der Waals surface area (Å²) in [6.45, 7) is 14.4. The molecule has 0 heterocycles. The van der Waals surface area contributed by atoms with E-state index in [0.29, 0.717) is 44.2 Å². The summed E-state index contributed by atoms with van der Waals surface area (Å²) >= 11 is 0. The summed E-state index contributed by atoms with van der Waals surface area (Å²) < 4.78 is 40.1. The molecule has 0 fully saturated rings. The van der Waals surface area contributed by atoms with E-state index >= 15 is 0 Å². The molecular formula is C29H53O8P. The lowest BCUT2D eigenvalue weighted by molar-refractivity contribution is -0.139. The van der Waals surface area contributed by atoms with E-state index in [1.807, 2.05) is 0 Å². The Bertz CT molecular complexity index is 659. The number of rotatable bonds is 27. The van der Waals surface area contributed by atoms with Gasteiger partial charge in [0.1, 0.15) is 0 Å². The summed E-state index contributed by atoms with van der Waals surface area (Å²) in [7, 11) is -3.58. The number of carbonyl (C=O) groups excluding carboxylic acids is 2. The van der Waals surface area contributed by atoms with Gasteiger partial charge in [0, 0.05) is 11.1 Å². The number of hydrogen-bond donors (Lipinski definition) is 0. The third-order valence-corrected chi connectivity index (χ3v) is 7.23. The normalized spacial score (nSPS) is 11.3. The van der Waals surface area contributed by atoms with E-state index in [-0.39, 0.29) is 11.9 Å². The van der Waals surface area contributed by atoms with Crippen molar-refractivity contribution in [3.63, 3.8) is 0 Å². The van der Waals surface area contributed by atoms with E-state index in [1.165, 1.54) is 12.8 Å². The predicted octanol–water partition coefficient (Wildman–Crippen LogP) is 8.25. The number of hydrogen-bond acceptors (Lipinski definition) is 8. The average molecular weight is 561 g/mol. The van der Waals surface area contributed by atoms with Crippen LogP contribution in [0.5, 0.6) is 0 Å². The van der Waals surface area contributed by atoms with Gasteiger partial charge in [-0.25, -0.2) is 14.2 Å². The summed E-state index contributed by atoms with van der Waals surface area (Å²) in [4.78, 5) is 22.7. The molecule has 0 amide bonds. The maximum atomic E-state index is 13.1. The summed E-state index contributed by atoms with van der Waals surface area (Å²) in [5.41, 5.74) is 0.826. The Balaban J connectivity index is 4.12. The molecule has 0 radical (unpaired) electrons. The first-order valence-corrected chi connectivity index (χ1v) is 15.9. The van der Waals surface area contributed by atoms with E-state index in [2.05, 4.69) is 20.1 Å². The van der Waals surface area contributed by atoms with Crippen LogP contribution in [0.2, 0.25) is 0 Å². The second kappa shape index (κ2) is 24.6. The third-order valence-electron chi connectivity index (χ3n) is 5.74. The van der Waals surface area contributed by atoms with Crippen molar-refractivity contribution >= 4 is 19.8 Å². The molecular weight excluding hydrogens is 507 g/mol. The van der Waals surface area contributed by atoms with Gasteiger partial charge < -0.3 is 9.47 Å². The fourth-order valence-electron chi connectivity index (χ4n) is 3.39. The SMILES string of the molecule is C=C(C)C(=O)OCCCCCCCOP(=O)(OCCCCCCC)OCCCCCCCOC(=O)C(=C)C. The van der Waals surface area contributed by atoms with Crippen LogP contribution in [0.15, 0.2) is 24.3 Å². The first-order chi connectivity index (χ1) is 18.2. The Labute approximate surface area is 231 Å². The molecule has 0 aromatic heterocycles. The summed E-state index contributed by atoms with van der Waals surface area (Å²) in [5, 5.41) is 0. The van der Waals surface area contributed by atoms with Gasteiger partial charge in [-0.15, -0.1) is 0 Å². The van der Waals surface area contributed by atoms with Crippen molar-refractivity contribution in [1.29, 1.82) is 0 Å². The second-order valence-corrected chi connectivity index (χ2v) is 11.4. The lowest BCUT2D eigenvalue weighted by Crippen LogP contribution is -2.06. The predicted molar refractivity (Wildman–Crippen MR) is 152 cm³/mol. The van der Waals surface area contributed by atoms with E-state index in [0.717, 1.165) is 83.5 Å². The second-order valence-electron chi connectivity index (χ2n) is 9.73. The zero-order valence-corrected chi connectivity index (χ0v) is 25.2. The molecule has 0 saturated carbocycles. The molecule has 9 heteroatoms. The minimum Gasteiger partial charge on any atom is -0.462 e. The topological polar surface area (TPSA) is 97.4 Å². The molecule has 0 bridgehead atoms. The smallest absolute Gasteiger partial charge is 0.462 e. The van der Waals surface area contributed by atoms with Crippen molar-refractivity contribution in [2.45, 2.75) is 117 Å². The lowest BCUT2D eigenvalue weighted by atomic mass is 10.1. The molecule has 0 aliphatic heterocycles. The van der Waals surface area contributed by atoms with Gasteiger partial charge >= 0.3 is 19.8 Å². The molecule has 0 aromatic carbocycles. The molecule has 0 unspecified atom stereocenters. The van der Waals surface area contributed by atoms with Gasteiger partial charge in [0.15, 0.2) is 0 Å². The monoisotopic (exact) mass is 560 g/mol. The van der Waals surface area contributed by atoms with Gasteiger partial charge in [-0.1, -0.05) is 84.3 Å². The van der Waals surface area contributed by atoms with Crippen molar-refractivity contribution in [3.8, 4) is 0 Å². The van der Waals surface area contributed by atoms with Gasteiger partial charge in [0.05, 0.1) is 33.0 Å². The number of unbranched alkanes of at least 4 members (excludes halogenated alkanes) is 12. The van der Waals surface area contributed by atoms with Gasteiger partial charge in [-0.3, -0.25) is 13.6 Å². The van der Waals surface area contributed by atoms with Gasteiger partial charge in [-0.05, 0) is 46.0 Å². The van der Waals surface area contributed by atoms with Crippen LogP contribution in [0.25, 0.3) is 0 Å². The van der Waals surface area contributed by atoms with Crippen molar-refractivity contribution in [2.75, 3.05) is 33.0 Å². The Morgan fingerprint density at radius 1 is 0.526 bits per heavy atom. The maximum absolute atomic E-state index is 13.1. The minimum atomic E-state index is -3.58. The van der Waals surface area contributed by atoms with Crippen LogP contribution in [0, 0.1) is 0 Å². The van der Waals surface area contributed by atoms with E-state index in [9.17, 15) is 14.2 Å². The molecule has 0 aromatic rings. The number of phosphoric ester groups is 1. The van der Waals surface area contributed by atoms with Crippen LogP contribution >= 0.6 is 7.82 Å². The Morgan fingerprint density at radius 2 is 0.816 bits per heavy atom. The minimum absolute atomic E-state index is 0.320. The van der Waals surface area contributed by atoms with Crippen molar-refractivity contribution < 1.29 is 37.2 Å². The molecule has 0 aliphatic carbocycles. The number of esters is 2. The largest absolute Gasteiger partial charge is 0.474 e. The Hall–Kier alpha value is -1.47. The van der Waals surface area contributed by atoms with E-state index in [1.54, 1.807) is 13.8 Å². The quantitative estimate of drug-likeness (QED) is 0.0429. The van der Waals surface area contributed by atoms with Gasteiger partial charge in [-0.2, -0.15) is 0 Å². The van der Waals surface area contributed by atoms with Crippen LogP contribution in [-0.4, -0.2) is 45.0 Å². The fourth-order valence-corrected chi connectivity index (χ4v) is 4.67. The molecule has 0 saturated heterocycles. The zero-order valence-electron chi connectivity index (χ0n) is 24.3. The fraction of sp³-hybridized carbons (Fsp3) is 0.793.